The highest BCUT2D eigenvalue weighted by Gasteiger charge is 2.56. The molecule has 7 heteroatoms. The van der Waals surface area contributed by atoms with Crippen LogP contribution in [0.25, 0.3) is 10.2 Å². The first-order valence-electron chi connectivity index (χ1n) is 11.0. The SMILES string of the molecule is COc1ccc(Cl)c2sc(N(CCN(C)C)C(=O)C34CC5CC(CC(C5)C3)C4)nc12. The van der Waals surface area contributed by atoms with Crippen molar-refractivity contribution < 1.29 is 9.53 Å². The molecule has 4 saturated carbocycles. The molecule has 4 bridgehead atoms. The van der Waals surface area contributed by atoms with Gasteiger partial charge in [-0.3, -0.25) is 9.69 Å². The second-order valence-electron chi connectivity index (χ2n) is 9.88. The molecule has 1 amide bonds. The highest BCUT2D eigenvalue weighted by atomic mass is 35.5. The Morgan fingerprint density at radius 2 is 1.80 bits per heavy atom. The predicted molar refractivity (Wildman–Crippen MR) is 123 cm³/mol. The first-order chi connectivity index (χ1) is 14.4. The van der Waals surface area contributed by atoms with Gasteiger partial charge in [0.25, 0.3) is 0 Å². The van der Waals surface area contributed by atoms with Crippen LogP contribution < -0.4 is 9.64 Å². The maximum Gasteiger partial charge on any atom is 0.235 e. The van der Waals surface area contributed by atoms with Gasteiger partial charge in [0.1, 0.15) is 11.3 Å². The molecule has 4 aliphatic carbocycles. The third-order valence-electron chi connectivity index (χ3n) is 7.41. The van der Waals surface area contributed by atoms with Crippen LogP contribution in [0.4, 0.5) is 5.13 Å². The largest absolute Gasteiger partial charge is 0.494 e. The third-order valence-corrected chi connectivity index (χ3v) is 8.94. The Bertz CT molecular complexity index is 937. The lowest BCUT2D eigenvalue weighted by molar-refractivity contribution is -0.143. The van der Waals surface area contributed by atoms with Crippen LogP contribution in [-0.2, 0) is 4.79 Å². The second kappa shape index (κ2) is 7.64. The molecule has 162 valence electrons. The van der Waals surface area contributed by atoms with Gasteiger partial charge in [0, 0.05) is 13.1 Å². The van der Waals surface area contributed by atoms with E-state index in [1.165, 1.54) is 30.6 Å². The van der Waals surface area contributed by atoms with Gasteiger partial charge < -0.3 is 9.64 Å². The summed E-state index contributed by atoms with van der Waals surface area (Å²) in [7, 11) is 5.74. The van der Waals surface area contributed by atoms with E-state index in [1.54, 1.807) is 7.11 Å². The summed E-state index contributed by atoms with van der Waals surface area (Å²) in [5, 5.41) is 1.41. The lowest BCUT2D eigenvalue weighted by Crippen LogP contribution is -2.55. The molecule has 2 aromatic rings. The molecule has 30 heavy (non-hydrogen) atoms. The molecule has 1 aromatic heterocycles. The van der Waals surface area contributed by atoms with Crippen LogP contribution in [0.1, 0.15) is 38.5 Å². The number of carbonyl (C=O) groups excluding carboxylic acids is 1. The number of rotatable bonds is 6. The fraction of sp³-hybridized carbons (Fsp3) is 0.652. The number of hydrogen-bond acceptors (Lipinski definition) is 5. The van der Waals surface area contributed by atoms with Crippen molar-refractivity contribution in [3.8, 4) is 5.75 Å². The number of nitrogens with zero attached hydrogens (tertiary/aromatic N) is 3. The van der Waals surface area contributed by atoms with Gasteiger partial charge >= 0.3 is 0 Å². The zero-order chi connectivity index (χ0) is 21.0. The van der Waals surface area contributed by atoms with Crippen LogP contribution in [0.15, 0.2) is 12.1 Å². The smallest absolute Gasteiger partial charge is 0.235 e. The Morgan fingerprint density at radius 3 is 2.37 bits per heavy atom. The molecule has 5 nitrogen and oxygen atoms in total. The molecule has 1 aromatic carbocycles. The minimum atomic E-state index is -0.188. The van der Waals surface area contributed by atoms with Gasteiger partial charge in [-0.05, 0) is 82.5 Å². The summed E-state index contributed by atoms with van der Waals surface area (Å²) in [4.78, 5) is 23.1. The first-order valence-corrected chi connectivity index (χ1v) is 12.2. The van der Waals surface area contributed by atoms with E-state index in [1.807, 2.05) is 31.1 Å². The third kappa shape index (κ3) is 3.41. The van der Waals surface area contributed by atoms with E-state index in [0.717, 1.165) is 58.9 Å². The number of aromatic nitrogens is 1. The number of thiazole rings is 1. The number of hydrogen-bond donors (Lipinski definition) is 0. The van der Waals surface area contributed by atoms with Crippen molar-refractivity contribution in [3.63, 3.8) is 0 Å². The number of likely N-dealkylation sites (N-methyl/N-ethyl adjacent to an activating group) is 1. The number of benzene rings is 1. The number of carbonyl (C=O) groups is 1. The van der Waals surface area contributed by atoms with Crippen molar-refractivity contribution in [1.82, 2.24) is 9.88 Å². The minimum absolute atomic E-state index is 0.188. The van der Waals surface area contributed by atoms with Crippen molar-refractivity contribution in [2.75, 3.05) is 39.2 Å². The van der Waals surface area contributed by atoms with E-state index < -0.39 is 0 Å². The number of amides is 1. The maximum absolute atomic E-state index is 14.1. The molecule has 0 atom stereocenters. The summed E-state index contributed by atoms with van der Waals surface area (Å²) < 4.78 is 6.40. The molecule has 6 rings (SSSR count). The average Bonchev–Trinajstić information content (AvgIpc) is 3.13. The average molecular weight is 448 g/mol. The van der Waals surface area contributed by atoms with Gasteiger partial charge in [-0.25, -0.2) is 4.98 Å². The number of halogens is 1. The van der Waals surface area contributed by atoms with E-state index >= 15 is 0 Å². The second-order valence-corrected chi connectivity index (χ2v) is 11.3. The fourth-order valence-electron chi connectivity index (χ4n) is 6.46. The molecule has 4 fully saturated rings. The number of anilines is 1. The van der Waals surface area contributed by atoms with Crippen LogP contribution in [0.3, 0.4) is 0 Å². The van der Waals surface area contributed by atoms with Gasteiger partial charge in [0.2, 0.25) is 5.91 Å². The Hall–Kier alpha value is -1.37. The van der Waals surface area contributed by atoms with Crippen LogP contribution in [0.5, 0.6) is 5.75 Å². The number of methoxy groups -OCH3 is 1. The Balaban J connectivity index is 1.53. The molecule has 0 aliphatic heterocycles. The van der Waals surface area contributed by atoms with Crippen molar-refractivity contribution in [2.45, 2.75) is 38.5 Å². The van der Waals surface area contributed by atoms with Crippen LogP contribution in [0, 0.1) is 23.2 Å². The monoisotopic (exact) mass is 447 g/mol. The van der Waals surface area contributed by atoms with Crippen molar-refractivity contribution in [1.29, 1.82) is 0 Å². The van der Waals surface area contributed by atoms with Crippen LogP contribution in [0.2, 0.25) is 5.02 Å². The molecule has 0 radical (unpaired) electrons. The zero-order valence-corrected chi connectivity index (χ0v) is 19.6. The van der Waals surface area contributed by atoms with Gasteiger partial charge in [-0.2, -0.15) is 0 Å². The molecular weight excluding hydrogens is 418 g/mol. The van der Waals surface area contributed by atoms with Crippen molar-refractivity contribution in [3.05, 3.63) is 17.2 Å². The lowest BCUT2D eigenvalue weighted by atomic mass is 9.49. The normalized spacial score (nSPS) is 29.7. The maximum atomic E-state index is 14.1. The fourth-order valence-corrected chi connectivity index (χ4v) is 7.74. The van der Waals surface area contributed by atoms with E-state index in [4.69, 9.17) is 21.3 Å². The quantitative estimate of drug-likeness (QED) is 0.620. The van der Waals surface area contributed by atoms with E-state index in [0.29, 0.717) is 17.3 Å². The van der Waals surface area contributed by atoms with Gasteiger partial charge in [0.05, 0.1) is 22.2 Å². The lowest BCUT2D eigenvalue weighted by Gasteiger charge is -2.56. The Kier molecular flexibility index (Phi) is 5.23. The van der Waals surface area contributed by atoms with Crippen LogP contribution in [-0.4, -0.2) is 50.1 Å². The van der Waals surface area contributed by atoms with E-state index in [2.05, 4.69) is 4.90 Å². The first kappa shape index (κ1) is 20.5. The molecule has 0 unspecified atom stereocenters. The molecule has 1 heterocycles. The molecule has 0 spiro atoms. The Labute approximate surface area is 187 Å². The molecule has 0 saturated heterocycles. The molecule has 4 aliphatic rings. The van der Waals surface area contributed by atoms with Crippen LogP contribution >= 0.6 is 22.9 Å². The standard InChI is InChI=1S/C23H30ClN3O2S/c1-26(2)6-7-27(22-25-19-18(29-3)5-4-17(24)20(19)30-22)21(28)23-11-14-8-15(12-23)10-16(9-14)13-23/h4-5,14-16H,6-13H2,1-3H3. The zero-order valence-electron chi connectivity index (χ0n) is 18.0. The summed E-state index contributed by atoms with van der Waals surface area (Å²) in [6.45, 7) is 1.45. The topological polar surface area (TPSA) is 45.7 Å². The molecule has 0 N–H and O–H groups in total. The summed E-state index contributed by atoms with van der Waals surface area (Å²) >= 11 is 7.98. The summed E-state index contributed by atoms with van der Waals surface area (Å²) in [6.07, 6.45) is 7.18. The predicted octanol–water partition coefficient (Wildman–Crippen LogP) is 5.07. The Morgan fingerprint density at radius 1 is 1.17 bits per heavy atom. The summed E-state index contributed by atoms with van der Waals surface area (Å²) in [5.74, 6) is 3.20. The van der Waals surface area contributed by atoms with Gasteiger partial charge in [-0.1, -0.05) is 22.9 Å². The minimum Gasteiger partial charge on any atom is -0.494 e. The molecular formula is C23H30ClN3O2S. The van der Waals surface area contributed by atoms with Crippen molar-refractivity contribution in [2.24, 2.45) is 23.2 Å². The van der Waals surface area contributed by atoms with E-state index in [9.17, 15) is 4.79 Å². The van der Waals surface area contributed by atoms with Gasteiger partial charge in [-0.15, -0.1) is 0 Å². The number of fused-ring (bicyclic) bond motifs is 1. The van der Waals surface area contributed by atoms with Crippen molar-refractivity contribution >= 4 is 44.2 Å². The number of ether oxygens (including phenoxy) is 1. The highest BCUT2D eigenvalue weighted by molar-refractivity contribution is 7.23. The van der Waals surface area contributed by atoms with E-state index in [-0.39, 0.29) is 11.3 Å². The summed E-state index contributed by atoms with van der Waals surface area (Å²) in [5.41, 5.74) is 0.561. The highest BCUT2D eigenvalue weighted by Crippen LogP contribution is 2.60. The van der Waals surface area contributed by atoms with Gasteiger partial charge in [0.15, 0.2) is 5.13 Å². The summed E-state index contributed by atoms with van der Waals surface area (Å²) in [6, 6.07) is 3.69.